The van der Waals surface area contributed by atoms with Crippen molar-refractivity contribution < 1.29 is 8.78 Å². The molecule has 19 heavy (non-hydrogen) atoms. The van der Waals surface area contributed by atoms with E-state index >= 15 is 0 Å². The highest BCUT2D eigenvalue weighted by molar-refractivity contribution is 5.33. The predicted molar refractivity (Wildman–Crippen MR) is 69.1 cm³/mol. The van der Waals surface area contributed by atoms with Gasteiger partial charge in [-0.25, -0.2) is 14.2 Å². The fourth-order valence-electron chi connectivity index (χ4n) is 2.08. The lowest BCUT2D eigenvalue weighted by Crippen LogP contribution is -2.30. The lowest BCUT2D eigenvalue weighted by Gasteiger charge is -2.18. The van der Waals surface area contributed by atoms with Crippen LogP contribution in [0.25, 0.3) is 0 Å². The van der Waals surface area contributed by atoms with Crippen molar-refractivity contribution in [2.24, 2.45) is 5.84 Å². The summed E-state index contributed by atoms with van der Waals surface area (Å²) in [5.41, 5.74) is 4.64. The summed E-state index contributed by atoms with van der Waals surface area (Å²) in [6.45, 7) is 1.99. The Morgan fingerprint density at radius 3 is 2.53 bits per heavy atom. The van der Waals surface area contributed by atoms with Gasteiger partial charge in [0.1, 0.15) is 11.6 Å². The smallest absolute Gasteiger partial charge is 0.126 e. The Hall–Kier alpha value is -1.85. The van der Waals surface area contributed by atoms with Gasteiger partial charge in [0.25, 0.3) is 0 Å². The van der Waals surface area contributed by atoms with E-state index in [0.29, 0.717) is 11.3 Å². The number of nitrogens with one attached hydrogen (secondary N) is 1. The van der Waals surface area contributed by atoms with Crippen LogP contribution in [0.15, 0.2) is 36.5 Å². The number of hydrogen-bond donors (Lipinski definition) is 2. The van der Waals surface area contributed by atoms with E-state index in [4.69, 9.17) is 5.84 Å². The Balaban J connectivity index is 2.49. The van der Waals surface area contributed by atoms with E-state index < -0.39 is 17.7 Å². The zero-order valence-electron chi connectivity index (χ0n) is 10.5. The van der Waals surface area contributed by atoms with Crippen LogP contribution in [-0.2, 0) is 6.42 Å². The summed E-state index contributed by atoms with van der Waals surface area (Å²) in [4.78, 5) is 4.27. The molecule has 0 radical (unpaired) electrons. The number of aryl methyl sites for hydroxylation is 1. The normalized spacial score (nSPS) is 12.4. The number of halogens is 2. The second-order valence-corrected chi connectivity index (χ2v) is 4.20. The van der Waals surface area contributed by atoms with E-state index in [-0.39, 0.29) is 0 Å². The molecule has 0 saturated heterocycles. The molecule has 0 aliphatic carbocycles. The van der Waals surface area contributed by atoms with Gasteiger partial charge >= 0.3 is 0 Å². The number of aromatic nitrogens is 1. The number of nitrogens with zero attached hydrogens (tertiary/aromatic N) is 1. The summed E-state index contributed by atoms with van der Waals surface area (Å²) in [6, 6.07) is 6.53. The Morgan fingerprint density at radius 1 is 1.26 bits per heavy atom. The van der Waals surface area contributed by atoms with Gasteiger partial charge in [0, 0.05) is 12.3 Å². The van der Waals surface area contributed by atoms with Gasteiger partial charge in [0.05, 0.1) is 11.7 Å². The Kier molecular flexibility index (Phi) is 4.19. The van der Waals surface area contributed by atoms with Crippen molar-refractivity contribution in [3.8, 4) is 0 Å². The van der Waals surface area contributed by atoms with E-state index in [0.717, 1.165) is 18.1 Å². The lowest BCUT2D eigenvalue weighted by molar-refractivity contribution is 0.561. The first-order valence-corrected chi connectivity index (χ1v) is 6.01. The van der Waals surface area contributed by atoms with Crippen molar-refractivity contribution in [1.82, 2.24) is 10.4 Å². The van der Waals surface area contributed by atoms with Crippen LogP contribution in [0.4, 0.5) is 8.78 Å². The van der Waals surface area contributed by atoms with Crippen molar-refractivity contribution in [3.05, 3.63) is 65.0 Å². The minimum Gasteiger partial charge on any atom is -0.271 e. The fraction of sp³-hybridized carbons (Fsp3) is 0.214. The van der Waals surface area contributed by atoms with Crippen molar-refractivity contribution in [2.45, 2.75) is 19.4 Å². The van der Waals surface area contributed by atoms with Gasteiger partial charge < -0.3 is 0 Å². The van der Waals surface area contributed by atoms with Crippen LogP contribution < -0.4 is 11.3 Å². The monoisotopic (exact) mass is 263 g/mol. The molecular weight excluding hydrogens is 248 g/mol. The van der Waals surface area contributed by atoms with Gasteiger partial charge in [0.15, 0.2) is 0 Å². The molecule has 0 amide bonds. The standard InChI is InChI=1S/C14H15F2N3/c1-2-9-4-3-5-18-13(9)14(19-17)10-6-11(15)8-12(16)7-10/h3-8,14,19H,2,17H2,1H3. The van der Waals surface area contributed by atoms with Crippen molar-refractivity contribution in [2.75, 3.05) is 0 Å². The molecule has 0 aliphatic rings. The zero-order valence-corrected chi connectivity index (χ0v) is 10.5. The SMILES string of the molecule is CCc1cccnc1C(NN)c1cc(F)cc(F)c1. The average molecular weight is 263 g/mol. The minimum absolute atomic E-state index is 0.411. The first kappa shape index (κ1) is 13.6. The van der Waals surface area contributed by atoms with Gasteiger partial charge in [-0.15, -0.1) is 0 Å². The number of rotatable bonds is 4. The third kappa shape index (κ3) is 2.94. The number of nitrogens with two attached hydrogens (primary N) is 1. The highest BCUT2D eigenvalue weighted by atomic mass is 19.1. The molecule has 0 spiro atoms. The fourth-order valence-corrected chi connectivity index (χ4v) is 2.08. The van der Waals surface area contributed by atoms with Crippen LogP contribution in [0.3, 0.4) is 0 Å². The van der Waals surface area contributed by atoms with Crippen molar-refractivity contribution in [3.63, 3.8) is 0 Å². The maximum Gasteiger partial charge on any atom is 0.126 e. The Bertz CT molecular complexity index is 552. The van der Waals surface area contributed by atoms with E-state index in [2.05, 4.69) is 10.4 Å². The number of benzene rings is 1. The van der Waals surface area contributed by atoms with Crippen LogP contribution >= 0.6 is 0 Å². The highest BCUT2D eigenvalue weighted by Crippen LogP contribution is 2.24. The molecule has 1 heterocycles. The molecule has 1 aromatic heterocycles. The number of hydrogen-bond acceptors (Lipinski definition) is 3. The van der Waals surface area contributed by atoms with Gasteiger partial charge in [-0.1, -0.05) is 13.0 Å². The average Bonchev–Trinajstić information content (AvgIpc) is 2.39. The maximum absolute atomic E-state index is 13.3. The molecule has 3 N–H and O–H groups in total. The molecule has 0 saturated carbocycles. The molecule has 1 unspecified atom stereocenters. The van der Waals surface area contributed by atoms with Gasteiger partial charge in [-0.05, 0) is 35.7 Å². The van der Waals surface area contributed by atoms with Crippen LogP contribution in [0.5, 0.6) is 0 Å². The summed E-state index contributed by atoms with van der Waals surface area (Å²) < 4.78 is 26.6. The van der Waals surface area contributed by atoms with Gasteiger partial charge in [-0.2, -0.15) is 0 Å². The van der Waals surface area contributed by atoms with Crippen LogP contribution in [0.1, 0.15) is 29.8 Å². The predicted octanol–water partition coefficient (Wildman–Crippen LogP) is 2.47. The zero-order chi connectivity index (χ0) is 13.8. The molecule has 2 rings (SSSR count). The van der Waals surface area contributed by atoms with E-state index in [1.54, 1.807) is 6.20 Å². The molecule has 100 valence electrons. The molecule has 0 bridgehead atoms. The summed E-state index contributed by atoms with van der Waals surface area (Å²) >= 11 is 0. The molecule has 0 fully saturated rings. The van der Waals surface area contributed by atoms with E-state index in [1.165, 1.54) is 12.1 Å². The van der Waals surface area contributed by atoms with Crippen molar-refractivity contribution in [1.29, 1.82) is 0 Å². The molecule has 1 atom stereocenters. The Morgan fingerprint density at radius 2 is 1.95 bits per heavy atom. The molecule has 2 aromatic rings. The summed E-state index contributed by atoms with van der Waals surface area (Å²) in [7, 11) is 0. The molecule has 5 heteroatoms. The molecule has 0 aliphatic heterocycles. The third-order valence-electron chi connectivity index (χ3n) is 2.97. The highest BCUT2D eigenvalue weighted by Gasteiger charge is 2.18. The van der Waals surface area contributed by atoms with Crippen LogP contribution in [-0.4, -0.2) is 4.98 Å². The lowest BCUT2D eigenvalue weighted by atomic mass is 9.98. The van der Waals surface area contributed by atoms with Gasteiger partial charge in [0.2, 0.25) is 0 Å². The molecule has 3 nitrogen and oxygen atoms in total. The summed E-state index contributed by atoms with van der Waals surface area (Å²) in [5, 5.41) is 0. The second kappa shape index (κ2) is 5.86. The third-order valence-corrected chi connectivity index (χ3v) is 2.97. The topological polar surface area (TPSA) is 50.9 Å². The van der Waals surface area contributed by atoms with Crippen LogP contribution in [0, 0.1) is 11.6 Å². The maximum atomic E-state index is 13.3. The Labute approximate surface area is 110 Å². The largest absolute Gasteiger partial charge is 0.271 e. The molecule has 1 aromatic carbocycles. The van der Waals surface area contributed by atoms with E-state index in [1.807, 2.05) is 19.1 Å². The summed E-state index contributed by atoms with van der Waals surface area (Å²) in [6.07, 6.45) is 2.40. The number of pyridine rings is 1. The quantitative estimate of drug-likeness (QED) is 0.658. The number of hydrazine groups is 1. The van der Waals surface area contributed by atoms with Crippen molar-refractivity contribution >= 4 is 0 Å². The first-order chi connectivity index (χ1) is 9.15. The van der Waals surface area contributed by atoms with E-state index in [9.17, 15) is 8.78 Å². The van der Waals surface area contributed by atoms with Crippen LogP contribution in [0.2, 0.25) is 0 Å². The second-order valence-electron chi connectivity index (χ2n) is 4.20. The minimum atomic E-state index is -0.635. The first-order valence-electron chi connectivity index (χ1n) is 6.01. The summed E-state index contributed by atoms with van der Waals surface area (Å²) in [5.74, 6) is 4.26. The van der Waals surface area contributed by atoms with Gasteiger partial charge in [-0.3, -0.25) is 10.8 Å². The molecular formula is C14H15F2N3.